The molecule has 192 valence electrons. The fourth-order valence-electron chi connectivity index (χ4n) is 3.70. The van der Waals surface area contributed by atoms with Gasteiger partial charge in [0.15, 0.2) is 0 Å². The van der Waals surface area contributed by atoms with Crippen molar-refractivity contribution in [1.29, 1.82) is 0 Å². The molecule has 3 atom stereocenters. The van der Waals surface area contributed by atoms with Gasteiger partial charge >= 0.3 is 6.09 Å². The summed E-state index contributed by atoms with van der Waals surface area (Å²) in [5, 5.41) is 5.78. The van der Waals surface area contributed by atoms with E-state index in [2.05, 4.69) is 17.6 Å². The van der Waals surface area contributed by atoms with Crippen molar-refractivity contribution in [3.63, 3.8) is 0 Å². The first-order valence-corrected chi connectivity index (χ1v) is 12.5. The van der Waals surface area contributed by atoms with Gasteiger partial charge in [-0.15, -0.1) is 0 Å². The summed E-state index contributed by atoms with van der Waals surface area (Å²) in [6.45, 7) is 17.6. The Hall–Kier alpha value is -2.57. The average molecular weight is 476 g/mol. The SMILES string of the molecule is CCCCNC(=O)C(c1ccccc1C)N(C(=O)C(NC(=O)OC(C)(C)C)C(C)C)C(C)CC. The zero-order valence-electron chi connectivity index (χ0n) is 22.5. The molecule has 0 fully saturated rings. The van der Waals surface area contributed by atoms with Crippen molar-refractivity contribution in [3.8, 4) is 0 Å². The van der Waals surface area contributed by atoms with Crippen LogP contribution in [0.4, 0.5) is 4.79 Å². The number of ether oxygens (including phenoxy) is 1. The molecule has 0 saturated carbocycles. The van der Waals surface area contributed by atoms with Crippen LogP contribution in [0.3, 0.4) is 0 Å². The molecule has 34 heavy (non-hydrogen) atoms. The van der Waals surface area contributed by atoms with Gasteiger partial charge in [0.05, 0.1) is 0 Å². The third-order valence-electron chi connectivity index (χ3n) is 5.76. The summed E-state index contributed by atoms with van der Waals surface area (Å²) in [5.74, 6) is -0.711. The lowest BCUT2D eigenvalue weighted by molar-refractivity contribution is -0.146. The van der Waals surface area contributed by atoms with Gasteiger partial charge in [-0.05, 0) is 64.5 Å². The summed E-state index contributed by atoms with van der Waals surface area (Å²) in [5.41, 5.74) is 1.03. The van der Waals surface area contributed by atoms with Crippen molar-refractivity contribution in [2.45, 2.75) is 105 Å². The van der Waals surface area contributed by atoms with Gasteiger partial charge in [-0.2, -0.15) is 0 Å². The van der Waals surface area contributed by atoms with Crippen LogP contribution >= 0.6 is 0 Å². The Morgan fingerprint density at radius 3 is 2.18 bits per heavy atom. The van der Waals surface area contributed by atoms with Crippen LogP contribution < -0.4 is 10.6 Å². The highest BCUT2D eigenvalue weighted by molar-refractivity contribution is 5.92. The fraction of sp³-hybridized carbons (Fsp3) is 0.667. The second-order valence-electron chi connectivity index (χ2n) is 10.3. The minimum atomic E-state index is -0.834. The Morgan fingerprint density at radius 1 is 1.06 bits per heavy atom. The highest BCUT2D eigenvalue weighted by Crippen LogP contribution is 2.29. The number of rotatable bonds is 11. The van der Waals surface area contributed by atoms with Gasteiger partial charge in [0.25, 0.3) is 0 Å². The maximum Gasteiger partial charge on any atom is 0.408 e. The third-order valence-corrected chi connectivity index (χ3v) is 5.76. The lowest BCUT2D eigenvalue weighted by Gasteiger charge is -2.39. The number of nitrogens with one attached hydrogen (secondary N) is 2. The second-order valence-corrected chi connectivity index (χ2v) is 10.3. The van der Waals surface area contributed by atoms with Gasteiger partial charge in [0.1, 0.15) is 17.7 Å². The summed E-state index contributed by atoms with van der Waals surface area (Å²) in [7, 11) is 0. The maximum atomic E-state index is 14.0. The molecule has 0 aromatic heterocycles. The first kappa shape index (κ1) is 29.5. The van der Waals surface area contributed by atoms with E-state index in [1.54, 1.807) is 25.7 Å². The molecule has 3 amide bonds. The Morgan fingerprint density at radius 2 is 1.68 bits per heavy atom. The molecule has 1 rings (SSSR count). The highest BCUT2D eigenvalue weighted by Gasteiger charge is 2.39. The minimum Gasteiger partial charge on any atom is -0.444 e. The zero-order valence-corrected chi connectivity index (χ0v) is 22.5. The number of hydrogen-bond donors (Lipinski definition) is 2. The second kappa shape index (κ2) is 13.4. The molecular formula is C27H45N3O4. The number of nitrogens with zero attached hydrogens (tertiary/aromatic N) is 1. The summed E-state index contributed by atoms with van der Waals surface area (Å²) in [6.07, 6.45) is 1.83. The fourth-order valence-corrected chi connectivity index (χ4v) is 3.70. The zero-order chi connectivity index (χ0) is 26.1. The molecule has 0 heterocycles. The average Bonchev–Trinajstić information content (AvgIpc) is 2.74. The normalized spacial score (nSPS) is 14.2. The van der Waals surface area contributed by atoms with E-state index in [0.717, 1.165) is 24.0 Å². The van der Waals surface area contributed by atoms with E-state index in [-0.39, 0.29) is 23.8 Å². The van der Waals surface area contributed by atoms with Crippen molar-refractivity contribution in [1.82, 2.24) is 15.5 Å². The van der Waals surface area contributed by atoms with Crippen molar-refractivity contribution in [2.24, 2.45) is 5.92 Å². The Bertz CT molecular complexity index is 816. The topological polar surface area (TPSA) is 87.7 Å². The lowest BCUT2D eigenvalue weighted by Crippen LogP contribution is -2.57. The molecule has 0 aliphatic carbocycles. The standard InChI is InChI=1S/C27H45N3O4/c1-10-12-17-28-24(31)23(21-16-14-13-15-19(21)5)30(20(6)11-2)25(32)22(18(3)4)29-26(33)34-27(7,8)9/h13-16,18,20,22-23H,10-12,17H2,1-9H3,(H,28,31)(H,29,33). The molecule has 0 aliphatic heterocycles. The predicted octanol–water partition coefficient (Wildman–Crippen LogP) is 5.13. The number of benzene rings is 1. The monoisotopic (exact) mass is 475 g/mol. The van der Waals surface area contributed by atoms with Crippen molar-refractivity contribution in [2.75, 3.05) is 6.54 Å². The van der Waals surface area contributed by atoms with E-state index in [1.807, 2.05) is 58.9 Å². The van der Waals surface area contributed by atoms with Gasteiger partial charge < -0.3 is 20.3 Å². The van der Waals surface area contributed by atoms with E-state index in [1.165, 1.54) is 0 Å². The first-order valence-electron chi connectivity index (χ1n) is 12.5. The highest BCUT2D eigenvalue weighted by atomic mass is 16.6. The van der Waals surface area contributed by atoms with E-state index in [9.17, 15) is 14.4 Å². The van der Waals surface area contributed by atoms with Crippen LogP contribution in [0.1, 0.15) is 91.8 Å². The molecule has 2 N–H and O–H groups in total. The number of hydrogen-bond acceptors (Lipinski definition) is 4. The number of aryl methyl sites for hydroxylation is 1. The van der Waals surface area contributed by atoms with Crippen LogP contribution in [0.2, 0.25) is 0 Å². The smallest absolute Gasteiger partial charge is 0.408 e. The van der Waals surface area contributed by atoms with E-state index in [4.69, 9.17) is 4.74 Å². The molecule has 0 spiro atoms. The van der Waals surface area contributed by atoms with Crippen LogP contribution in [0.25, 0.3) is 0 Å². The molecule has 0 radical (unpaired) electrons. The van der Waals surface area contributed by atoms with E-state index >= 15 is 0 Å². The first-order chi connectivity index (χ1) is 15.8. The molecule has 7 nitrogen and oxygen atoms in total. The van der Waals surface area contributed by atoms with Crippen molar-refractivity contribution >= 4 is 17.9 Å². The minimum absolute atomic E-state index is 0.202. The van der Waals surface area contributed by atoms with Crippen molar-refractivity contribution < 1.29 is 19.1 Å². The van der Waals surface area contributed by atoms with E-state index in [0.29, 0.717) is 13.0 Å². The molecular weight excluding hydrogens is 430 g/mol. The Balaban J connectivity index is 3.47. The summed E-state index contributed by atoms with van der Waals surface area (Å²) >= 11 is 0. The maximum absolute atomic E-state index is 14.0. The van der Waals surface area contributed by atoms with Crippen LogP contribution in [-0.2, 0) is 14.3 Å². The molecule has 0 bridgehead atoms. The van der Waals surface area contributed by atoms with Gasteiger partial charge in [-0.3, -0.25) is 9.59 Å². The van der Waals surface area contributed by atoms with Crippen LogP contribution in [0.5, 0.6) is 0 Å². The number of unbranched alkanes of at least 4 members (excludes halogenated alkanes) is 1. The van der Waals surface area contributed by atoms with Crippen LogP contribution in [-0.4, -0.2) is 47.0 Å². The number of carbonyl (C=O) groups is 3. The van der Waals surface area contributed by atoms with Crippen molar-refractivity contribution in [3.05, 3.63) is 35.4 Å². The summed E-state index contributed by atoms with van der Waals surface area (Å²) < 4.78 is 5.41. The van der Waals surface area contributed by atoms with Crippen LogP contribution in [0.15, 0.2) is 24.3 Å². The molecule has 7 heteroatoms. The van der Waals surface area contributed by atoms with Gasteiger partial charge in [0.2, 0.25) is 11.8 Å². The van der Waals surface area contributed by atoms with Crippen LogP contribution in [0, 0.1) is 12.8 Å². The third kappa shape index (κ3) is 8.65. The molecule has 0 saturated heterocycles. The van der Waals surface area contributed by atoms with Gasteiger partial charge in [-0.25, -0.2) is 4.79 Å². The molecule has 1 aromatic rings. The Labute approximate surface area is 206 Å². The number of carbonyl (C=O) groups excluding carboxylic acids is 3. The largest absolute Gasteiger partial charge is 0.444 e. The summed E-state index contributed by atoms with van der Waals surface area (Å²) in [6, 6.07) is 5.78. The Kier molecular flexibility index (Phi) is 11.6. The van der Waals surface area contributed by atoms with E-state index < -0.39 is 23.8 Å². The lowest BCUT2D eigenvalue weighted by atomic mass is 9.94. The summed E-state index contributed by atoms with van der Waals surface area (Å²) in [4.78, 5) is 41.7. The molecule has 3 unspecified atom stereocenters. The number of amides is 3. The van der Waals surface area contributed by atoms with Gasteiger partial charge in [0, 0.05) is 12.6 Å². The molecule has 1 aromatic carbocycles. The number of alkyl carbamates (subject to hydrolysis) is 1. The molecule has 0 aliphatic rings. The predicted molar refractivity (Wildman–Crippen MR) is 136 cm³/mol. The quantitative estimate of drug-likeness (QED) is 0.434. The van der Waals surface area contributed by atoms with Gasteiger partial charge in [-0.1, -0.05) is 58.4 Å².